The van der Waals surface area contributed by atoms with Gasteiger partial charge in [0.15, 0.2) is 16.6 Å². The van der Waals surface area contributed by atoms with Crippen LogP contribution in [0.25, 0.3) is 0 Å². The van der Waals surface area contributed by atoms with E-state index in [1.54, 1.807) is 0 Å². The molecule has 1 rings (SSSR count). The van der Waals surface area contributed by atoms with Gasteiger partial charge in [-0.1, -0.05) is 86.3 Å². The first-order valence-corrected chi connectivity index (χ1v) is 19.0. The monoisotopic (exact) mass is 498 g/mol. The van der Waals surface area contributed by atoms with Crippen LogP contribution in [0, 0.1) is 11.8 Å². The third kappa shape index (κ3) is 8.71. The number of Topliss-reactive ketones (excluding diaryl/α,β-unsaturated/α-hetero) is 1. The maximum Gasteiger partial charge on any atom is 0.192 e. The zero-order valence-electron chi connectivity index (χ0n) is 23.6. The predicted molar refractivity (Wildman–Crippen MR) is 146 cm³/mol. The standard InChI is InChI=1S/C27H54O4Si2/c1-12-13-14-15-16-21(30-32(8,9)26(2,3)4)17-18-22-23(20-28)24(29)19-25(22)31-33(10,11)27(5,6)7/h17-18,21-23,25,28H,12-16,19-20H2,1-11H3/b18-17+/t21-,22+,23+,25+/m0/s1. The van der Waals surface area contributed by atoms with Crippen molar-refractivity contribution in [2.24, 2.45) is 11.8 Å². The van der Waals surface area contributed by atoms with Crippen molar-refractivity contribution in [1.82, 2.24) is 0 Å². The number of aliphatic hydroxyl groups is 1. The van der Waals surface area contributed by atoms with Gasteiger partial charge in [0, 0.05) is 18.3 Å². The molecule has 6 heteroatoms. The zero-order chi connectivity index (χ0) is 25.7. The number of carbonyl (C=O) groups excluding carboxylic acids is 1. The minimum Gasteiger partial charge on any atom is -0.413 e. The second kappa shape index (κ2) is 12.1. The van der Waals surface area contributed by atoms with Crippen LogP contribution in [0.2, 0.25) is 36.3 Å². The van der Waals surface area contributed by atoms with E-state index in [0.29, 0.717) is 6.42 Å². The third-order valence-electron chi connectivity index (χ3n) is 8.30. The topological polar surface area (TPSA) is 55.8 Å². The molecular weight excluding hydrogens is 444 g/mol. The fourth-order valence-electron chi connectivity index (χ4n) is 3.89. The Kier molecular flexibility index (Phi) is 11.3. The largest absolute Gasteiger partial charge is 0.413 e. The molecule has 0 amide bonds. The summed E-state index contributed by atoms with van der Waals surface area (Å²) in [7, 11) is -3.95. The molecule has 1 N–H and O–H groups in total. The highest BCUT2D eigenvalue weighted by molar-refractivity contribution is 6.74. The molecule has 194 valence electrons. The van der Waals surface area contributed by atoms with Gasteiger partial charge in [-0.3, -0.25) is 4.79 Å². The van der Waals surface area contributed by atoms with E-state index in [-0.39, 0.29) is 46.5 Å². The summed E-state index contributed by atoms with van der Waals surface area (Å²) >= 11 is 0. The first-order chi connectivity index (χ1) is 15.0. The van der Waals surface area contributed by atoms with E-state index in [2.05, 4.69) is 86.8 Å². The second-order valence-corrected chi connectivity index (χ2v) is 22.6. The first-order valence-electron chi connectivity index (χ1n) is 13.1. The summed E-state index contributed by atoms with van der Waals surface area (Å²) in [6, 6.07) is 0. The van der Waals surface area contributed by atoms with Crippen LogP contribution >= 0.6 is 0 Å². The summed E-state index contributed by atoms with van der Waals surface area (Å²) in [5.41, 5.74) is 0. The van der Waals surface area contributed by atoms with E-state index < -0.39 is 16.6 Å². The Bertz CT molecular complexity index is 643. The number of hydrogen-bond donors (Lipinski definition) is 1. The molecule has 33 heavy (non-hydrogen) atoms. The molecule has 0 spiro atoms. The van der Waals surface area contributed by atoms with Gasteiger partial charge in [-0.05, 0) is 42.7 Å². The SMILES string of the molecule is CCCCCC[C@@H](/C=C/[C@H]1[C@H](O[Si](C)(C)C(C)(C)C)CC(=O)[C@@H]1CO)O[Si](C)(C)C(C)(C)C. The molecule has 1 aliphatic carbocycles. The van der Waals surface area contributed by atoms with E-state index in [1.807, 2.05) is 0 Å². The average molecular weight is 499 g/mol. The first kappa shape index (κ1) is 30.8. The summed E-state index contributed by atoms with van der Waals surface area (Å²) in [4.78, 5) is 12.7. The highest BCUT2D eigenvalue weighted by atomic mass is 28.4. The van der Waals surface area contributed by atoms with Crippen LogP contribution in [-0.4, -0.2) is 46.3 Å². The number of carbonyl (C=O) groups is 1. The van der Waals surface area contributed by atoms with E-state index in [1.165, 1.54) is 19.3 Å². The van der Waals surface area contributed by atoms with Crippen LogP contribution in [0.4, 0.5) is 0 Å². The van der Waals surface area contributed by atoms with Crippen LogP contribution in [0.3, 0.4) is 0 Å². The molecule has 4 nitrogen and oxygen atoms in total. The lowest BCUT2D eigenvalue weighted by atomic mass is 9.94. The van der Waals surface area contributed by atoms with E-state index >= 15 is 0 Å². The van der Waals surface area contributed by atoms with Gasteiger partial charge < -0.3 is 14.0 Å². The fraction of sp³-hybridized carbons (Fsp3) is 0.889. The lowest BCUT2D eigenvalue weighted by Gasteiger charge is -2.40. The van der Waals surface area contributed by atoms with Crippen molar-refractivity contribution in [2.45, 2.75) is 135 Å². The van der Waals surface area contributed by atoms with Crippen molar-refractivity contribution in [3.63, 3.8) is 0 Å². The molecule has 0 aliphatic heterocycles. The van der Waals surface area contributed by atoms with E-state index in [4.69, 9.17) is 8.85 Å². The molecular formula is C27H54O4Si2. The maximum absolute atomic E-state index is 12.7. The van der Waals surface area contributed by atoms with Crippen molar-refractivity contribution in [3.8, 4) is 0 Å². The number of unbranched alkanes of at least 4 members (excludes halogenated alkanes) is 3. The van der Waals surface area contributed by atoms with Gasteiger partial charge in [0.2, 0.25) is 0 Å². The molecule has 0 heterocycles. The van der Waals surface area contributed by atoms with Crippen molar-refractivity contribution in [3.05, 3.63) is 12.2 Å². The minimum atomic E-state index is -2.03. The van der Waals surface area contributed by atoms with Gasteiger partial charge in [-0.15, -0.1) is 0 Å². The molecule has 0 aromatic carbocycles. The Morgan fingerprint density at radius 1 is 1.00 bits per heavy atom. The van der Waals surface area contributed by atoms with Crippen LogP contribution in [0.5, 0.6) is 0 Å². The molecule has 1 fully saturated rings. The van der Waals surface area contributed by atoms with Gasteiger partial charge in [-0.25, -0.2) is 0 Å². The Morgan fingerprint density at radius 3 is 2.06 bits per heavy atom. The molecule has 0 aromatic rings. The lowest BCUT2D eigenvalue weighted by molar-refractivity contribution is -0.122. The number of ketones is 1. The van der Waals surface area contributed by atoms with Crippen molar-refractivity contribution in [1.29, 1.82) is 0 Å². The van der Waals surface area contributed by atoms with Gasteiger partial charge in [0.05, 0.1) is 18.8 Å². The Labute approximate surface area is 207 Å². The summed E-state index contributed by atoms with van der Waals surface area (Å²) in [5, 5.41) is 10.2. The Morgan fingerprint density at radius 2 is 1.58 bits per heavy atom. The smallest absolute Gasteiger partial charge is 0.192 e. The summed E-state index contributed by atoms with van der Waals surface area (Å²) in [6.45, 7) is 24.7. The zero-order valence-corrected chi connectivity index (χ0v) is 25.6. The molecule has 0 saturated heterocycles. The lowest BCUT2D eigenvalue weighted by Crippen LogP contribution is -2.45. The van der Waals surface area contributed by atoms with Crippen LogP contribution < -0.4 is 0 Å². The molecule has 0 radical (unpaired) electrons. The summed E-state index contributed by atoms with van der Waals surface area (Å²) in [5.74, 6) is -0.330. The fourth-order valence-corrected chi connectivity index (χ4v) is 6.55. The Hall–Kier alpha value is -0.276. The van der Waals surface area contributed by atoms with Crippen LogP contribution in [0.1, 0.15) is 87.0 Å². The average Bonchev–Trinajstić information content (AvgIpc) is 2.94. The quantitative estimate of drug-likeness (QED) is 0.172. The summed E-state index contributed by atoms with van der Waals surface area (Å²) in [6.07, 6.45) is 10.5. The van der Waals surface area contributed by atoms with Crippen molar-refractivity contribution >= 4 is 22.4 Å². The molecule has 4 atom stereocenters. The maximum atomic E-state index is 12.7. The second-order valence-electron chi connectivity index (χ2n) is 13.1. The highest BCUT2D eigenvalue weighted by Gasteiger charge is 2.47. The molecule has 0 aromatic heterocycles. The molecule has 1 aliphatic rings. The highest BCUT2D eigenvalue weighted by Crippen LogP contribution is 2.42. The molecule has 1 saturated carbocycles. The molecule has 0 unspecified atom stereocenters. The van der Waals surface area contributed by atoms with Crippen molar-refractivity contribution < 1.29 is 18.8 Å². The van der Waals surface area contributed by atoms with Crippen molar-refractivity contribution in [2.75, 3.05) is 6.61 Å². The van der Waals surface area contributed by atoms with Crippen LogP contribution in [0.15, 0.2) is 12.2 Å². The number of rotatable bonds is 12. The predicted octanol–water partition coefficient (Wildman–Crippen LogP) is 7.49. The minimum absolute atomic E-state index is 0.0475. The van der Waals surface area contributed by atoms with Gasteiger partial charge in [-0.2, -0.15) is 0 Å². The number of aliphatic hydroxyl groups excluding tert-OH is 1. The van der Waals surface area contributed by atoms with Crippen LogP contribution in [-0.2, 0) is 13.6 Å². The normalized spacial score (nSPS) is 24.1. The van der Waals surface area contributed by atoms with E-state index in [9.17, 15) is 9.90 Å². The van der Waals surface area contributed by atoms with Gasteiger partial charge >= 0.3 is 0 Å². The summed E-state index contributed by atoms with van der Waals surface area (Å²) < 4.78 is 13.5. The van der Waals surface area contributed by atoms with Gasteiger partial charge in [0.25, 0.3) is 0 Å². The van der Waals surface area contributed by atoms with Gasteiger partial charge in [0.1, 0.15) is 5.78 Å². The number of hydrogen-bond acceptors (Lipinski definition) is 4. The Balaban J connectivity index is 3.13. The third-order valence-corrected chi connectivity index (χ3v) is 17.3. The molecule has 0 bridgehead atoms. The van der Waals surface area contributed by atoms with E-state index in [0.717, 1.165) is 12.8 Å².